The van der Waals surface area contributed by atoms with Gasteiger partial charge in [0.15, 0.2) is 0 Å². The van der Waals surface area contributed by atoms with Gasteiger partial charge in [-0.2, -0.15) is 0 Å². The normalized spacial score (nSPS) is 27.0. The number of carbonyl (C=O) groups excluding carboxylic acids is 2. The molecule has 3 atom stereocenters. The largest absolute Gasteiger partial charge is 0.488 e. The summed E-state index contributed by atoms with van der Waals surface area (Å²) >= 11 is 0. The summed E-state index contributed by atoms with van der Waals surface area (Å²) in [6.07, 6.45) is 0.124. The Balaban J connectivity index is 1.68. The van der Waals surface area contributed by atoms with E-state index in [1.165, 1.54) is 4.90 Å². The fourth-order valence-electron chi connectivity index (χ4n) is 3.28. The smallest absolute Gasteiger partial charge is 0.246 e. The number of nitrogens with one attached hydrogen (secondary N) is 1. The number of rotatable bonds is 3. The Kier molecular flexibility index (Phi) is 4.25. The van der Waals surface area contributed by atoms with Crippen molar-refractivity contribution >= 4 is 11.8 Å². The molecular weight excluding hydrogens is 308 g/mol. The summed E-state index contributed by atoms with van der Waals surface area (Å²) in [5.41, 5.74) is 0.688. The summed E-state index contributed by atoms with van der Waals surface area (Å²) in [4.78, 5) is 26.2. The SMILES string of the molecule is CC(C)(C)Oc1ccc(C[C@@H]2NC(=O)[C@@H]3[C@H](O)CCN3C2=O)cc1. The highest BCUT2D eigenvalue weighted by Crippen LogP contribution is 2.24. The van der Waals surface area contributed by atoms with Gasteiger partial charge in [0.2, 0.25) is 11.8 Å². The molecule has 6 heteroatoms. The van der Waals surface area contributed by atoms with E-state index in [1.807, 2.05) is 45.0 Å². The standard InChI is InChI=1S/C18H24N2O4/c1-18(2,3)24-12-6-4-11(5-7-12)10-13-17(23)20-9-8-14(21)15(20)16(22)19-13/h4-7,13-15,21H,8-10H2,1-3H3,(H,19,22)/t13-,14+,15-/m0/s1. The van der Waals surface area contributed by atoms with Gasteiger partial charge in [-0.1, -0.05) is 12.1 Å². The molecule has 2 amide bonds. The van der Waals surface area contributed by atoms with Crippen LogP contribution in [0.2, 0.25) is 0 Å². The molecule has 1 aromatic carbocycles. The number of carbonyl (C=O) groups is 2. The van der Waals surface area contributed by atoms with Crippen molar-refractivity contribution in [3.05, 3.63) is 29.8 Å². The maximum absolute atomic E-state index is 12.5. The van der Waals surface area contributed by atoms with Crippen molar-refractivity contribution in [2.45, 2.75) is 57.4 Å². The van der Waals surface area contributed by atoms with Crippen LogP contribution in [-0.2, 0) is 16.0 Å². The summed E-state index contributed by atoms with van der Waals surface area (Å²) in [6, 6.07) is 6.26. The van der Waals surface area contributed by atoms with Gasteiger partial charge in [-0.3, -0.25) is 9.59 Å². The second-order valence-electron chi connectivity index (χ2n) is 7.46. The predicted molar refractivity (Wildman–Crippen MR) is 88.6 cm³/mol. The fourth-order valence-corrected chi connectivity index (χ4v) is 3.28. The van der Waals surface area contributed by atoms with E-state index in [1.54, 1.807) is 0 Å². The van der Waals surface area contributed by atoms with Crippen molar-refractivity contribution in [1.82, 2.24) is 10.2 Å². The zero-order chi connectivity index (χ0) is 17.5. The van der Waals surface area contributed by atoms with Crippen molar-refractivity contribution in [1.29, 1.82) is 0 Å². The van der Waals surface area contributed by atoms with Crippen LogP contribution >= 0.6 is 0 Å². The quantitative estimate of drug-likeness (QED) is 0.861. The van der Waals surface area contributed by atoms with Crippen LogP contribution in [0.4, 0.5) is 0 Å². The van der Waals surface area contributed by atoms with Gasteiger partial charge in [-0.05, 0) is 44.9 Å². The molecule has 0 bridgehead atoms. The van der Waals surface area contributed by atoms with Crippen LogP contribution in [0, 0.1) is 0 Å². The maximum atomic E-state index is 12.5. The molecule has 130 valence electrons. The molecule has 2 N–H and O–H groups in total. The number of fused-ring (bicyclic) bond motifs is 1. The highest BCUT2D eigenvalue weighted by molar-refractivity contribution is 5.98. The zero-order valence-corrected chi connectivity index (χ0v) is 14.3. The van der Waals surface area contributed by atoms with E-state index >= 15 is 0 Å². The highest BCUT2D eigenvalue weighted by atomic mass is 16.5. The van der Waals surface area contributed by atoms with E-state index in [2.05, 4.69) is 5.32 Å². The summed E-state index contributed by atoms with van der Waals surface area (Å²) < 4.78 is 5.78. The maximum Gasteiger partial charge on any atom is 0.246 e. The van der Waals surface area contributed by atoms with Gasteiger partial charge in [-0.15, -0.1) is 0 Å². The van der Waals surface area contributed by atoms with Crippen LogP contribution in [0.3, 0.4) is 0 Å². The van der Waals surface area contributed by atoms with Crippen LogP contribution in [0.1, 0.15) is 32.8 Å². The highest BCUT2D eigenvalue weighted by Gasteiger charge is 2.47. The first-order valence-electron chi connectivity index (χ1n) is 8.31. The summed E-state index contributed by atoms with van der Waals surface area (Å²) in [5.74, 6) is 0.386. The van der Waals surface area contributed by atoms with Gasteiger partial charge >= 0.3 is 0 Å². The minimum absolute atomic E-state index is 0.119. The third kappa shape index (κ3) is 3.38. The van der Waals surface area contributed by atoms with Crippen LogP contribution in [0.25, 0.3) is 0 Å². The topological polar surface area (TPSA) is 78.9 Å². The third-order valence-corrected chi connectivity index (χ3v) is 4.32. The molecular formula is C18H24N2O4. The van der Waals surface area contributed by atoms with Gasteiger partial charge in [0.25, 0.3) is 0 Å². The second kappa shape index (κ2) is 6.09. The molecule has 0 radical (unpaired) electrons. The van der Waals surface area contributed by atoms with Crippen molar-refractivity contribution in [2.75, 3.05) is 6.54 Å². The molecule has 2 aliphatic heterocycles. The minimum Gasteiger partial charge on any atom is -0.488 e. The Morgan fingerprint density at radius 1 is 1.25 bits per heavy atom. The van der Waals surface area contributed by atoms with Gasteiger partial charge in [0, 0.05) is 13.0 Å². The fraction of sp³-hybridized carbons (Fsp3) is 0.556. The van der Waals surface area contributed by atoms with Crippen molar-refractivity contribution < 1.29 is 19.4 Å². The van der Waals surface area contributed by atoms with E-state index in [-0.39, 0.29) is 17.4 Å². The summed E-state index contributed by atoms with van der Waals surface area (Å²) in [6.45, 7) is 6.39. The second-order valence-corrected chi connectivity index (χ2v) is 7.46. The van der Waals surface area contributed by atoms with Gasteiger partial charge in [0.05, 0.1) is 6.10 Å². The van der Waals surface area contributed by atoms with Crippen LogP contribution in [0.5, 0.6) is 5.75 Å². The molecule has 2 heterocycles. The first kappa shape index (κ1) is 16.8. The number of aliphatic hydroxyl groups is 1. The van der Waals surface area contributed by atoms with E-state index in [0.717, 1.165) is 11.3 Å². The van der Waals surface area contributed by atoms with Crippen LogP contribution in [0.15, 0.2) is 24.3 Å². The van der Waals surface area contributed by atoms with Gasteiger partial charge < -0.3 is 20.1 Å². The Morgan fingerprint density at radius 3 is 2.54 bits per heavy atom. The van der Waals surface area contributed by atoms with Crippen molar-refractivity contribution in [3.63, 3.8) is 0 Å². The molecule has 24 heavy (non-hydrogen) atoms. The van der Waals surface area contributed by atoms with Crippen molar-refractivity contribution in [2.24, 2.45) is 0 Å². The number of hydrogen-bond donors (Lipinski definition) is 2. The number of piperazine rings is 1. The first-order chi connectivity index (χ1) is 11.2. The lowest BCUT2D eigenvalue weighted by Crippen LogP contribution is -2.63. The number of aliphatic hydroxyl groups excluding tert-OH is 1. The number of amides is 2. The Morgan fingerprint density at radius 2 is 1.92 bits per heavy atom. The van der Waals surface area contributed by atoms with Gasteiger partial charge in [0.1, 0.15) is 23.4 Å². The molecule has 0 aliphatic carbocycles. The number of hydrogen-bond acceptors (Lipinski definition) is 4. The summed E-state index contributed by atoms with van der Waals surface area (Å²) in [7, 11) is 0. The molecule has 0 aromatic heterocycles. The number of nitrogens with zero attached hydrogens (tertiary/aromatic N) is 1. The average molecular weight is 332 g/mol. The number of ether oxygens (including phenoxy) is 1. The lowest BCUT2D eigenvalue weighted by atomic mass is 10.00. The molecule has 2 saturated heterocycles. The van der Waals surface area contributed by atoms with Crippen LogP contribution < -0.4 is 10.1 Å². The lowest BCUT2D eigenvalue weighted by molar-refractivity contribution is -0.149. The predicted octanol–water partition coefficient (Wildman–Crippen LogP) is 0.867. The van der Waals surface area contributed by atoms with E-state index in [0.29, 0.717) is 19.4 Å². The first-order valence-corrected chi connectivity index (χ1v) is 8.31. The van der Waals surface area contributed by atoms with E-state index < -0.39 is 18.2 Å². The van der Waals surface area contributed by atoms with E-state index in [4.69, 9.17) is 4.74 Å². The Bertz CT molecular complexity index is 635. The Hall–Kier alpha value is -2.08. The minimum atomic E-state index is -0.760. The molecule has 2 aliphatic rings. The molecule has 1 aromatic rings. The molecule has 0 spiro atoms. The lowest BCUT2D eigenvalue weighted by Gasteiger charge is -2.35. The third-order valence-electron chi connectivity index (χ3n) is 4.32. The van der Waals surface area contributed by atoms with E-state index in [9.17, 15) is 14.7 Å². The van der Waals surface area contributed by atoms with Crippen LogP contribution in [-0.4, -0.2) is 52.2 Å². The average Bonchev–Trinajstić information content (AvgIpc) is 2.88. The zero-order valence-electron chi connectivity index (χ0n) is 14.3. The Labute approximate surface area is 141 Å². The number of benzene rings is 1. The molecule has 0 unspecified atom stereocenters. The molecule has 0 saturated carbocycles. The monoisotopic (exact) mass is 332 g/mol. The van der Waals surface area contributed by atoms with Gasteiger partial charge in [-0.25, -0.2) is 0 Å². The summed E-state index contributed by atoms with van der Waals surface area (Å²) in [5, 5.41) is 12.6. The molecule has 6 nitrogen and oxygen atoms in total. The molecule has 2 fully saturated rings. The van der Waals surface area contributed by atoms with Crippen molar-refractivity contribution in [3.8, 4) is 5.75 Å². The molecule has 3 rings (SSSR count).